The van der Waals surface area contributed by atoms with Gasteiger partial charge < -0.3 is 14.4 Å². The van der Waals surface area contributed by atoms with Gasteiger partial charge in [-0.15, -0.1) is 5.10 Å². The summed E-state index contributed by atoms with van der Waals surface area (Å²) in [6, 6.07) is 5.41. The summed E-state index contributed by atoms with van der Waals surface area (Å²) in [4.78, 5) is 14.6. The number of ether oxygens (including phenoxy) is 2. The molecule has 1 atom stereocenters. The molecule has 1 fully saturated rings. The molecule has 1 amide bonds. The molecule has 0 spiro atoms. The average Bonchev–Trinajstić information content (AvgIpc) is 3.07. The summed E-state index contributed by atoms with van der Waals surface area (Å²) in [5.74, 6) is 1.10. The van der Waals surface area contributed by atoms with Gasteiger partial charge in [0.25, 0.3) is 5.91 Å². The monoisotopic (exact) mass is 343 g/mol. The highest BCUT2D eigenvalue weighted by Crippen LogP contribution is 2.22. The molecule has 0 radical (unpaired) electrons. The van der Waals surface area contributed by atoms with Crippen LogP contribution in [0.25, 0.3) is 0 Å². The summed E-state index contributed by atoms with van der Waals surface area (Å²) in [6.07, 6.45) is 2.62. The van der Waals surface area contributed by atoms with Gasteiger partial charge in [0.15, 0.2) is 5.69 Å². The van der Waals surface area contributed by atoms with E-state index in [1.165, 1.54) is 0 Å². The first-order chi connectivity index (χ1) is 12.2. The van der Waals surface area contributed by atoms with Crippen molar-refractivity contribution in [3.05, 3.63) is 29.6 Å². The fourth-order valence-electron chi connectivity index (χ4n) is 3.17. The highest BCUT2D eigenvalue weighted by molar-refractivity contribution is 5.92. The molecule has 4 rings (SSSR count). The SMILES string of the molecule is Cc1ccc(O[C@H]2CCCN(C(=O)c3cc4n(n3)CCCO4)C2)nn1. The van der Waals surface area contributed by atoms with Crippen molar-refractivity contribution in [2.45, 2.75) is 38.8 Å². The Hall–Kier alpha value is -2.64. The van der Waals surface area contributed by atoms with Gasteiger partial charge in [-0.1, -0.05) is 0 Å². The molecule has 132 valence electrons. The Morgan fingerprint density at radius 1 is 1.28 bits per heavy atom. The summed E-state index contributed by atoms with van der Waals surface area (Å²) in [7, 11) is 0. The number of hydrogen-bond acceptors (Lipinski definition) is 6. The number of nitrogens with zero attached hydrogens (tertiary/aromatic N) is 5. The molecular weight excluding hydrogens is 322 g/mol. The molecule has 0 N–H and O–H groups in total. The molecule has 0 unspecified atom stereocenters. The zero-order valence-electron chi connectivity index (χ0n) is 14.2. The highest BCUT2D eigenvalue weighted by atomic mass is 16.5. The van der Waals surface area contributed by atoms with Gasteiger partial charge >= 0.3 is 0 Å². The quantitative estimate of drug-likeness (QED) is 0.839. The molecule has 25 heavy (non-hydrogen) atoms. The maximum Gasteiger partial charge on any atom is 0.274 e. The lowest BCUT2D eigenvalue weighted by Crippen LogP contribution is -2.44. The number of rotatable bonds is 3. The third kappa shape index (κ3) is 3.42. The van der Waals surface area contributed by atoms with Gasteiger partial charge in [-0.25, -0.2) is 4.68 Å². The second-order valence-electron chi connectivity index (χ2n) is 6.44. The standard InChI is InChI=1S/C17H21N5O3/c1-12-5-6-15(19-18-12)25-13-4-2-7-21(11-13)17(23)14-10-16-22(20-14)8-3-9-24-16/h5-6,10,13H,2-4,7-9,11H2,1H3/t13-/m0/s1. The molecule has 8 heteroatoms. The van der Waals surface area contributed by atoms with E-state index in [1.807, 2.05) is 19.1 Å². The predicted octanol–water partition coefficient (Wildman–Crippen LogP) is 1.45. The van der Waals surface area contributed by atoms with Crippen LogP contribution in [-0.4, -0.2) is 56.6 Å². The summed E-state index contributed by atoms with van der Waals surface area (Å²) in [6.45, 7) is 4.59. The van der Waals surface area contributed by atoms with Crippen LogP contribution >= 0.6 is 0 Å². The van der Waals surface area contributed by atoms with Crippen LogP contribution in [-0.2, 0) is 6.54 Å². The van der Waals surface area contributed by atoms with Crippen LogP contribution < -0.4 is 9.47 Å². The van der Waals surface area contributed by atoms with E-state index >= 15 is 0 Å². The number of hydrogen-bond donors (Lipinski definition) is 0. The van der Waals surface area contributed by atoms with Crippen molar-refractivity contribution in [2.24, 2.45) is 0 Å². The number of aryl methyl sites for hydroxylation is 2. The van der Waals surface area contributed by atoms with Crippen LogP contribution in [0.5, 0.6) is 11.8 Å². The lowest BCUT2D eigenvalue weighted by molar-refractivity contribution is 0.0519. The third-order valence-corrected chi connectivity index (χ3v) is 4.45. The molecular formula is C17H21N5O3. The van der Waals surface area contributed by atoms with E-state index in [1.54, 1.807) is 15.6 Å². The summed E-state index contributed by atoms with van der Waals surface area (Å²) >= 11 is 0. The molecule has 2 aliphatic heterocycles. The maximum absolute atomic E-state index is 12.8. The third-order valence-electron chi connectivity index (χ3n) is 4.45. The van der Waals surface area contributed by atoms with Crippen molar-refractivity contribution in [3.63, 3.8) is 0 Å². The van der Waals surface area contributed by atoms with Gasteiger partial charge in [-0.3, -0.25) is 4.79 Å². The van der Waals surface area contributed by atoms with E-state index in [2.05, 4.69) is 15.3 Å². The Balaban J connectivity index is 1.42. The van der Waals surface area contributed by atoms with Gasteiger partial charge in [0.05, 0.1) is 18.8 Å². The van der Waals surface area contributed by atoms with Crippen molar-refractivity contribution in [1.82, 2.24) is 24.9 Å². The van der Waals surface area contributed by atoms with Gasteiger partial charge in [0, 0.05) is 31.6 Å². The Morgan fingerprint density at radius 2 is 2.20 bits per heavy atom. The van der Waals surface area contributed by atoms with E-state index in [0.29, 0.717) is 37.2 Å². The Bertz CT molecular complexity index is 735. The summed E-state index contributed by atoms with van der Waals surface area (Å²) in [5, 5.41) is 12.4. The van der Waals surface area contributed by atoms with Crippen molar-refractivity contribution in [3.8, 4) is 11.8 Å². The molecule has 0 saturated carbocycles. The Kier molecular flexibility index (Phi) is 4.25. The topological polar surface area (TPSA) is 82.4 Å². The normalized spacial score (nSPS) is 19.9. The van der Waals surface area contributed by atoms with Gasteiger partial charge in [-0.05, 0) is 25.8 Å². The van der Waals surface area contributed by atoms with Crippen molar-refractivity contribution >= 4 is 5.91 Å². The number of piperidine rings is 1. The maximum atomic E-state index is 12.8. The van der Waals surface area contributed by atoms with Crippen molar-refractivity contribution in [2.75, 3.05) is 19.7 Å². The molecule has 1 saturated heterocycles. The van der Waals surface area contributed by atoms with Crippen molar-refractivity contribution in [1.29, 1.82) is 0 Å². The number of fused-ring (bicyclic) bond motifs is 1. The second-order valence-corrected chi connectivity index (χ2v) is 6.44. The number of aromatic nitrogens is 4. The van der Waals surface area contributed by atoms with E-state index < -0.39 is 0 Å². The first-order valence-electron chi connectivity index (χ1n) is 8.66. The number of carbonyl (C=O) groups is 1. The lowest BCUT2D eigenvalue weighted by Gasteiger charge is -2.32. The fraction of sp³-hybridized carbons (Fsp3) is 0.529. The van der Waals surface area contributed by atoms with Crippen LogP contribution in [0.4, 0.5) is 0 Å². The first kappa shape index (κ1) is 15.9. The fourth-order valence-corrected chi connectivity index (χ4v) is 3.17. The highest BCUT2D eigenvalue weighted by Gasteiger charge is 2.28. The Labute approximate surface area is 145 Å². The average molecular weight is 343 g/mol. The van der Waals surface area contributed by atoms with E-state index in [4.69, 9.17) is 9.47 Å². The second kappa shape index (κ2) is 6.70. The molecule has 2 aliphatic rings. The molecule has 0 bridgehead atoms. The van der Waals surface area contributed by atoms with Gasteiger partial charge in [-0.2, -0.15) is 10.2 Å². The minimum Gasteiger partial charge on any atom is -0.478 e. The van der Waals surface area contributed by atoms with E-state index in [9.17, 15) is 4.79 Å². The molecule has 0 aliphatic carbocycles. The summed E-state index contributed by atoms with van der Waals surface area (Å²) < 4.78 is 13.2. The summed E-state index contributed by atoms with van der Waals surface area (Å²) in [5.41, 5.74) is 1.28. The van der Waals surface area contributed by atoms with Gasteiger partial charge in [0.2, 0.25) is 11.8 Å². The molecule has 8 nitrogen and oxygen atoms in total. The molecule has 2 aromatic heterocycles. The molecule has 4 heterocycles. The number of carbonyl (C=O) groups excluding carboxylic acids is 1. The largest absolute Gasteiger partial charge is 0.478 e. The lowest BCUT2D eigenvalue weighted by atomic mass is 10.1. The van der Waals surface area contributed by atoms with Crippen LogP contribution in [0.15, 0.2) is 18.2 Å². The van der Waals surface area contributed by atoms with Crippen LogP contribution in [0.1, 0.15) is 35.4 Å². The molecule has 0 aromatic carbocycles. The van der Waals surface area contributed by atoms with Crippen LogP contribution in [0.2, 0.25) is 0 Å². The van der Waals surface area contributed by atoms with Gasteiger partial charge in [0.1, 0.15) is 6.10 Å². The zero-order chi connectivity index (χ0) is 17.2. The smallest absolute Gasteiger partial charge is 0.274 e. The minimum absolute atomic E-state index is 0.0752. The van der Waals surface area contributed by atoms with Crippen LogP contribution in [0.3, 0.4) is 0 Å². The zero-order valence-corrected chi connectivity index (χ0v) is 14.2. The van der Waals surface area contributed by atoms with E-state index in [-0.39, 0.29) is 12.0 Å². The number of likely N-dealkylation sites (tertiary alicyclic amines) is 1. The Morgan fingerprint density at radius 3 is 3.00 bits per heavy atom. The van der Waals surface area contributed by atoms with Crippen LogP contribution in [0, 0.1) is 6.92 Å². The van der Waals surface area contributed by atoms with E-state index in [0.717, 1.165) is 31.5 Å². The molecule has 2 aromatic rings. The first-order valence-corrected chi connectivity index (χ1v) is 8.66. The number of amides is 1. The minimum atomic E-state index is -0.0804. The van der Waals surface area contributed by atoms with Crippen molar-refractivity contribution < 1.29 is 14.3 Å². The predicted molar refractivity (Wildman–Crippen MR) is 88.7 cm³/mol.